The number of rotatable bonds is 5. The van der Waals surface area contributed by atoms with E-state index in [1.807, 2.05) is 49.4 Å². The van der Waals surface area contributed by atoms with Gasteiger partial charge in [-0.3, -0.25) is 14.6 Å². The molecule has 0 aliphatic heterocycles. The van der Waals surface area contributed by atoms with Crippen molar-refractivity contribution in [1.82, 2.24) is 9.97 Å². The monoisotopic (exact) mass is 399 g/mol. The van der Waals surface area contributed by atoms with Crippen molar-refractivity contribution < 1.29 is 9.53 Å². The van der Waals surface area contributed by atoms with Crippen LogP contribution in [0.5, 0.6) is 5.75 Å². The molecule has 4 rings (SSSR count). The summed E-state index contributed by atoms with van der Waals surface area (Å²) in [6.45, 7) is 2.11. The van der Waals surface area contributed by atoms with E-state index in [-0.39, 0.29) is 18.0 Å². The van der Waals surface area contributed by atoms with E-state index >= 15 is 0 Å². The van der Waals surface area contributed by atoms with Crippen LogP contribution in [0.1, 0.15) is 21.5 Å². The van der Waals surface area contributed by atoms with Crippen LogP contribution in [0.3, 0.4) is 0 Å². The number of benzene rings is 2. The molecule has 6 heteroatoms. The molecule has 0 saturated carbocycles. The first-order valence-corrected chi connectivity index (χ1v) is 9.53. The average molecular weight is 399 g/mol. The van der Waals surface area contributed by atoms with Crippen LogP contribution in [-0.4, -0.2) is 23.0 Å². The predicted octanol–water partition coefficient (Wildman–Crippen LogP) is 4.09. The molecule has 150 valence electrons. The summed E-state index contributed by atoms with van der Waals surface area (Å²) in [7, 11) is 1.58. The second-order valence-electron chi connectivity index (χ2n) is 7.04. The van der Waals surface area contributed by atoms with E-state index in [4.69, 9.17) is 4.74 Å². The third kappa shape index (κ3) is 3.93. The van der Waals surface area contributed by atoms with Gasteiger partial charge in [0.15, 0.2) is 0 Å². The Balaban J connectivity index is 1.77. The summed E-state index contributed by atoms with van der Waals surface area (Å²) in [5.41, 5.74) is 3.21. The smallest absolute Gasteiger partial charge is 0.258 e. The number of nitrogens with one attached hydrogen (secondary N) is 1. The summed E-state index contributed by atoms with van der Waals surface area (Å²) in [6, 6.07) is 18.3. The minimum Gasteiger partial charge on any atom is -0.497 e. The zero-order chi connectivity index (χ0) is 21.1. The van der Waals surface area contributed by atoms with E-state index in [2.05, 4.69) is 9.97 Å². The number of pyridine rings is 2. The van der Waals surface area contributed by atoms with Crippen LogP contribution in [0.4, 0.5) is 5.69 Å². The number of amides is 1. The maximum atomic E-state index is 13.3. The molecule has 4 aromatic rings. The quantitative estimate of drug-likeness (QED) is 0.549. The van der Waals surface area contributed by atoms with Crippen LogP contribution >= 0.6 is 0 Å². The van der Waals surface area contributed by atoms with E-state index in [0.717, 1.165) is 16.6 Å². The van der Waals surface area contributed by atoms with Crippen LogP contribution in [0.15, 0.2) is 77.9 Å². The molecular formula is C24H21N3O3. The summed E-state index contributed by atoms with van der Waals surface area (Å²) in [5, 5.41) is 0.867. The van der Waals surface area contributed by atoms with Gasteiger partial charge in [-0.15, -0.1) is 0 Å². The van der Waals surface area contributed by atoms with Crippen LogP contribution in [-0.2, 0) is 6.54 Å². The van der Waals surface area contributed by atoms with Crippen molar-refractivity contribution in [1.29, 1.82) is 0 Å². The number of carbonyl (C=O) groups is 1. The fourth-order valence-corrected chi connectivity index (χ4v) is 3.37. The minimum absolute atomic E-state index is 0.141. The molecule has 2 aromatic carbocycles. The van der Waals surface area contributed by atoms with Crippen molar-refractivity contribution in [3.05, 3.63) is 100 Å². The Morgan fingerprint density at radius 3 is 2.60 bits per heavy atom. The lowest BCUT2D eigenvalue weighted by atomic mass is 10.1. The standard InChI is InChI=1S/C24H21N3O3/c1-16-4-3-5-20(12-16)27(24(29)17-8-10-25-11-9-17)15-19-13-18-6-7-21(30-2)14-22(18)26-23(19)28/h3-14H,15H2,1-2H3,(H,26,28). The Bertz CT molecular complexity index is 1270. The van der Waals surface area contributed by atoms with Gasteiger partial charge in [-0.1, -0.05) is 12.1 Å². The van der Waals surface area contributed by atoms with Crippen molar-refractivity contribution in [2.75, 3.05) is 12.0 Å². The minimum atomic E-state index is -0.240. The highest BCUT2D eigenvalue weighted by molar-refractivity contribution is 6.06. The molecule has 1 N–H and O–H groups in total. The highest BCUT2D eigenvalue weighted by atomic mass is 16.5. The summed E-state index contributed by atoms with van der Waals surface area (Å²) in [5.74, 6) is 0.470. The summed E-state index contributed by atoms with van der Waals surface area (Å²) in [6.07, 6.45) is 3.16. The number of nitrogens with zero attached hydrogens (tertiary/aromatic N) is 2. The second kappa shape index (κ2) is 8.21. The molecule has 0 radical (unpaired) electrons. The Morgan fingerprint density at radius 2 is 1.87 bits per heavy atom. The fourth-order valence-electron chi connectivity index (χ4n) is 3.37. The Kier molecular flexibility index (Phi) is 5.30. The molecule has 0 aliphatic rings. The first-order chi connectivity index (χ1) is 14.5. The molecule has 0 unspecified atom stereocenters. The molecule has 0 fully saturated rings. The zero-order valence-electron chi connectivity index (χ0n) is 16.8. The summed E-state index contributed by atoms with van der Waals surface area (Å²) >= 11 is 0. The van der Waals surface area contributed by atoms with Crippen LogP contribution in [0, 0.1) is 6.92 Å². The molecule has 2 heterocycles. The van der Waals surface area contributed by atoms with Gasteiger partial charge in [-0.2, -0.15) is 0 Å². The second-order valence-corrected chi connectivity index (χ2v) is 7.04. The number of carbonyl (C=O) groups excluding carboxylic acids is 1. The summed E-state index contributed by atoms with van der Waals surface area (Å²) in [4.78, 5) is 34.6. The number of ether oxygens (including phenoxy) is 1. The largest absolute Gasteiger partial charge is 0.497 e. The van der Waals surface area contributed by atoms with Gasteiger partial charge in [0.05, 0.1) is 19.2 Å². The van der Waals surface area contributed by atoms with Crippen molar-refractivity contribution in [3.8, 4) is 5.75 Å². The molecule has 2 aromatic heterocycles. The topological polar surface area (TPSA) is 75.3 Å². The van der Waals surface area contributed by atoms with E-state index in [9.17, 15) is 9.59 Å². The number of methoxy groups -OCH3 is 1. The van der Waals surface area contributed by atoms with Gasteiger partial charge in [-0.25, -0.2) is 0 Å². The van der Waals surface area contributed by atoms with Crippen molar-refractivity contribution >= 4 is 22.5 Å². The third-order valence-corrected chi connectivity index (χ3v) is 4.94. The van der Waals surface area contributed by atoms with E-state index in [1.54, 1.807) is 42.6 Å². The Hall–Kier alpha value is -3.93. The number of aromatic nitrogens is 2. The van der Waals surface area contributed by atoms with Gasteiger partial charge < -0.3 is 14.6 Å². The maximum Gasteiger partial charge on any atom is 0.258 e. The van der Waals surface area contributed by atoms with Gasteiger partial charge in [0.1, 0.15) is 5.75 Å². The normalized spacial score (nSPS) is 10.7. The van der Waals surface area contributed by atoms with Crippen LogP contribution in [0.25, 0.3) is 10.9 Å². The molecule has 0 aliphatic carbocycles. The van der Waals surface area contributed by atoms with Crippen molar-refractivity contribution in [2.45, 2.75) is 13.5 Å². The van der Waals surface area contributed by atoms with Crippen LogP contribution < -0.4 is 15.2 Å². The lowest BCUT2D eigenvalue weighted by molar-refractivity contribution is 0.0985. The van der Waals surface area contributed by atoms with Gasteiger partial charge in [0.25, 0.3) is 11.5 Å². The number of hydrogen-bond acceptors (Lipinski definition) is 4. The Labute approximate surface area is 173 Å². The first-order valence-electron chi connectivity index (χ1n) is 9.53. The molecule has 0 atom stereocenters. The third-order valence-electron chi connectivity index (χ3n) is 4.94. The van der Waals surface area contributed by atoms with Gasteiger partial charge in [0, 0.05) is 35.3 Å². The molecule has 1 amide bonds. The predicted molar refractivity (Wildman–Crippen MR) is 117 cm³/mol. The number of hydrogen-bond donors (Lipinski definition) is 1. The van der Waals surface area contributed by atoms with E-state index in [1.165, 1.54) is 0 Å². The summed E-state index contributed by atoms with van der Waals surface area (Å²) < 4.78 is 5.23. The highest BCUT2D eigenvalue weighted by Gasteiger charge is 2.20. The zero-order valence-corrected chi connectivity index (χ0v) is 16.8. The Morgan fingerprint density at radius 1 is 1.07 bits per heavy atom. The number of fused-ring (bicyclic) bond motifs is 1. The number of aromatic amines is 1. The maximum absolute atomic E-state index is 13.3. The fraction of sp³-hybridized carbons (Fsp3) is 0.125. The SMILES string of the molecule is COc1ccc2cc(CN(C(=O)c3ccncc3)c3cccc(C)c3)c(=O)[nH]c2c1. The molecular weight excluding hydrogens is 378 g/mol. The lowest BCUT2D eigenvalue weighted by Crippen LogP contribution is -2.33. The van der Waals surface area contributed by atoms with Gasteiger partial charge >= 0.3 is 0 Å². The molecule has 30 heavy (non-hydrogen) atoms. The molecule has 0 saturated heterocycles. The van der Waals surface area contributed by atoms with Crippen LogP contribution in [0.2, 0.25) is 0 Å². The van der Waals surface area contributed by atoms with Crippen molar-refractivity contribution in [3.63, 3.8) is 0 Å². The number of anilines is 1. The van der Waals surface area contributed by atoms with Gasteiger partial charge in [0.2, 0.25) is 0 Å². The molecule has 0 spiro atoms. The molecule has 6 nitrogen and oxygen atoms in total. The number of aryl methyl sites for hydroxylation is 1. The van der Waals surface area contributed by atoms with E-state index < -0.39 is 0 Å². The molecule has 0 bridgehead atoms. The van der Waals surface area contributed by atoms with Gasteiger partial charge in [-0.05, 0) is 60.3 Å². The first kappa shape index (κ1) is 19.4. The number of H-pyrrole nitrogens is 1. The van der Waals surface area contributed by atoms with Crippen molar-refractivity contribution in [2.24, 2.45) is 0 Å². The highest BCUT2D eigenvalue weighted by Crippen LogP contribution is 2.23. The lowest BCUT2D eigenvalue weighted by Gasteiger charge is -2.23. The average Bonchev–Trinajstić information content (AvgIpc) is 2.77. The van der Waals surface area contributed by atoms with E-state index in [0.29, 0.717) is 22.4 Å².